The molecule has 0 aliphatic carbocycles. The van der Waals surface area contributed by atoms with Crippen molar-refractivity contribution in [2.24, 2.45) is 0 Å². The van der Waals surface area contributed by atoms with E-state index in [1.807, 2.05) is 22.6 Å². The van der Waals surface area contributed by atoms with Crippen LogP contribution in [0.5, 0.6) is 0 Å². The molecule has 6 heteroatoms. The second-order valence-corrected chi connectivity index (χ2v) is 4.10. The van der Waals surface area contributed by atoms with Gasteiger partial charge < -0.3 is 5.11 Å². The Morgan fingerprint density at radius 2 is 2.23 bits per heavy atom. The van der Waals surface area contributed by atoms with Crippen LogP contribution in [0.2, 0.25) is 0 Å². The fraction of sp³-hybridized carbons (Fsp3) is 0.286. The summed E-state index contributed by atoms with van der Waals surface area (Å²) in [7, 11) is 0. The summed E-state index contributed by atoms with van der Waals surface area (Å²) in [6.45, 7) is -0.265. The molecule has 0 aliphatic heterocycles. The van der Waals surface area contributed by atoms with Crippen molar-refractivity contribution in [2.75, 3.05) is 0 Å². The monoisotopic (exact) mass is 363 g/mol. The van der Waals surface area contributed by atoms with E-state index in [1.165, 1.54) is 6.07 Å². The van der Waals surface area contributed by atoms with Crippen molar-refractivity contribution in [1.29, 1.82) is 0 Å². The zero-order valence-corrected chi connectivity index (χ0v) is 10.0. The number of halogens is 4. The Bertz CT molecular complexity index is 322. The maximum atomic E-state index is 12.2. The van der Waals surface area contributed by atoms with E-state index in [9.17, 15) is 8.78 Å². The molecule has 1 rings (SSSR count). The Morgan fingerprint density at radius 3 is 2.69 bits per heavy atom. The van der Waals surface area contributed by atoms with Gasteiger partial charge in [0.05, 0.1) is 10.2 Å². The lowest BCUT2D eigenvalue weighted by Crippen LogP contribution is -1.98. The summed E-state index contributed by atoms with van der Waals surface area (Å²) < 4.78 is 25.5. The maximum absolute atomic E-state index is 12.2. The third-order valence-corrected chi connectivity index (χ3v) is 3.93. The van der Waals surface area contributed by atoms with Crippen molar-refractivity contribution >= 4 is 38.5 Å². The van der Waals surface area contributed by atoms with Crippen LogP contribution in [0.4, 0.5) is 8.78 Å². The summed E-state index contributed by atoms with van der Waals surface area (Å²) in [5.74, 6) is 0. The molecule has 13 heavy (non-hydrogen) atoms. The van der Waals surface area contributed by atoms with Crippen LogP contribution < -0.4 is 0 Å². The molecule has 0 spiro atoms. The van der Waals surface area contributed by atoms with Gasteiger partial charge in [-0.1, -0.05) is 0 Å². The quantitative estimate of drug-likeness (QED) is 0.647. The smallest absolute Gasteiger partial charge is 0.280 e. The highest BCUT2D eigenvalue weighted by atomic mass is 127. The minimum absolute atomic E-state index is 0.265. The lowest BCUT2D eigenvalue weighted by atomic mass is 10.2. The molecule has 0 fully saturated rings. The minimum atomic E-state index is -2.61. The Hall–Kier alpha value is 0.180. The van der Waals surface area contributed by atoms with Crippen molar-refractivity contribution < 1.29 is 13.9 Å². The van der Waals surface area contributed by atoms with Crippen molar-refractivity contribution in [3.63, 3.8) is 0 Å². The molecule has 0 radical (unpaired) electrons. The molecule has 0 saturated carbocycles. The van der Waals surface area contributed by atoms with Gasteiger partial charge in [-0.15, -0.1) is 0 Å². The maximum Gasteiger partial charge on any atom is 0.280 e. The number of nitrogens with zero attached hydrogens (tertiary/aromatic N) is 1. The Balaban J connectivity index is 3.22. The fourth-order valence-corrected chi connectivity index (χ4v) is 1.70. The number of pyridine rings is 1. The predicted molar refractivity (Wildman–Crippen MR) is 55.5 cm³/mol. The summed E-state index contributed by atoms with van der Waals surface area (Å²) >= 11 is 4.97. The molecule has 0 unspecified atom stereocenters. The van der Waals surface area contributed by atoms with Gasteiger partial charge in [0.25, 0.3) is 6.43 Å². The van der Waals surface area contributed by atoms with Crippen LogP contribution >= 0.6 is 38.5 Å². The van der Waals surface area contributed by atoms with Gasteiger partial charge in [0.15, 0.2) is 0 Å². The highest BCUT2D eigenvalue weighted by Crippen LogP contribution is 2.26. The number of hydrogen-bond donors (Lipinski definition) is 1. The van der Waals surface area contributed by atoms with Crippen LogP contribution in [-0.4, -0.2) is 10.1 Å². The summed E-state index contributed by atoms with van der Waals surface area (Å²) in [5, 5.41) is 8.85. The number of rotatable bonds is 2. The largest absolute Gasteiger partial charge is 0.392 e. The molecule has 1 aromatic rings. The Morgan fingerprint density at radius 1 is 1.62 bits per heavy atom. The van der Waals surface area contributed by atoms with Gasteiger partial charge in [-0.05, 0) is 50.2 Å². The van der Waals surface area contributed by atoms with E-state index >= 15 is 0 Å². The van der Waals surface area contributed by atoms with Gasteiger partial charge in [-0.3, -0.25) is 0 Å². The van der Waals surface area contributed by atoms with Crippen molar-refractivity contribution in [3.05, 3.63) is 25.5 Å². The Kier molecular flexibility index (Phi) is 3.99. The number of aliphatic hydroxyl groups is 1. The van der Waals surface area contributed by atoms with Crippen LogP contribution in [0, 0.1) is 3.57 Å². The van der Waals surface area contributed by atoms with Crippen LogP contribution in [0.3, 0.4) is 0 Å². The summed E-state index contributed by atoms with van der Waals surface area (Å²) in [6, 6.07) is 1.21. The molecule has 2 nitrogen and oxygen atoms in total. The van der Waals surface area contributed by atoms with E-state index < -0.39 is 6.43 Å². The third kappa shape index (κ3) is 2.57. The molecule has 0 aliphatic rings. The number of aromatic nitrogens is 1. The van der Waals surface area contributed by atoms with E-state index in [4.69, 9.17) is 5.11 Å². The van der Waals surface area contributed by atoms with Gasteiger partial charge in [0, 0.05) is 0 Å². The zero-order valence-electron chi connectivity index (χ0n) is 6.27. The van der Waals surface area contributed by atoms with Crippen molar-refractivity contribution in [1.82, 2.24) is 4.98 Å². The second-order valence-electron chi connectivity index (χ2n) is 2.27. The molecule has 1 aromatic heterocycles. The number of alkyl halides is 2. The van der Waals surface area contributed by atoms with E-state index in [0.717, 1.165) is 0 Å². The topological polar surface area (TPSA) is 33.1 Å². The van der Waals surface area contributed by atoms with Crippen LogP contribution in [0.15, 0.2) is 10.7 Å². The molecule has 1 N–H and O–H groups in total. The Labute approximate surface area is 95.6 Å². The highest BCUT2D eigenvalue weighted by molar-refractivity contribution is 14.1. The normalized spacial score (nSPS) is 10.9. The fourth-order valence-electron chi connectivity index (χ4n) is 0.796. The molecular weight excluding hydrogens is 359 g/mol. The summed E-state index contributed by atoms with van der Waals surface area (Å²) in [6.07, 6.45) is -2.61. The molecule has 72 valence electrons. The summed E-state index contributed by atoms with van der Waals surface area (Å²) in [4.78, 5) is 3.63. The van der Waals surface area contributed by atoms with E-state index in [1.54, 1.807) is 0 Å². The minimum Gasteiger partial charge on any atom is -0.392 e. The van der Waals surface area contributed by atoms with Crippen molar-refractivity contribution in [2.45, 2.75) is 13.0 Å². The van der Waals surface area contributed by atoms with Gasteiger partial charge in [-0.2, -0.15) is 0 Å². The van der Waals surface area contributed by atoms with E-state index in [2.05, 4.69) is 20.9 Å². The third-order valence-electron chi connectivity index (χ3n) is 1.41. The van der Waals surface area contributed by atoms with Crippen LogP contribution in [-0.2, 0) is 6.61 Å². The second kappa shape index (κ2) is 4.61. The molecule has 0 atom stereocenters. The van der Waals surface area contributed by atoms with Gasteiger partial charge in [0.2, 0.25) is 0 Å². The molecule has 0 bridgehead atoms. The first-order valence-electron chi connectivity index (χ1n) is 3.30. The van der Waals surface area contributed by atoms with E-state index in [0.29, 0.717) is 13.7 Å². The molecule has 0 aromatic carbocycles. The predicted octanol–water partition coefficient (Wildman–Crippen LogP) is 2.88. The standard InChI is InChI=1S/C7H5BrF2INO/c8-6-5(11)3(2-13)1-4(12-6)7(9)10/h1,7,13H,2H2. The SMILES string of the molecule is OCc1cc(C(F)F)nc(Br)c1I. The lowest BCUT2D eigenvalue weighted by Gasteiger charge is -2.06. The first kappa shape index (κ1) is 11.3. The lowest BCUT2D eigenvalue weighted by molar-refractivity contribution is 0.145. The molecule has 0 amide bonds. The average Bonchev–Trinajstić information content (AvgIpc) is 2.09. The zero-order chi connectivity index (χ0) is 10.0. The van der Waals surface area contributed by atoms with Gasteiger partial charge in [0.1, 0.15) is 10.3 Å². The number of aliphatic hydroxyl groups excluding tert-OH is 1. The first-order valence-corrected chi connectivity index (χ1v) is 5.17. The molecule has 0 saturated heterocycles. The highest BCUT2D eigenvalue weighted by Gasteiger charge is 2.14. The van der Waals surface area contributed by atoms with Crippen molar-refractivity contribution in [3.8, 4) is 0 Å². The van der Waals surface area contributed by atoms with Crippen LogP contribution in [0.1, 0.15) is 17.7 Å². The van der Waals surface area contributed by atoms with E-state index in [-0.39, 0.29) is 12.3 Å². The number of hydrogen-bond acceptors (Lipinski definition) is 2. The van der Waals surface area contributed by atoms with Gasteiger partial charge in [-0.25, -0.2) is 13.8 Å². The van der Waals surface area contributed by atoms with Crippen LogP contribution in [0.25, 0.3) is 0 Å². The average molecular weight is 364 g/mol. The molecule has 1 heterocycles. The molecular formula is C7H5BrF2INO. The first-order chi connectivity index (χ1) is 6.06. The summed E-state index contributed by atoms with van der Waals surface area (Å²) in [5.41, 5.74) is 0.133. The van der Waals surface area contributed by atoms with Gasteiger partial charge >= 0.3 is 0 Å².